The predicted octanol–water partition coefficient (Wildman–Crippen LogP) is 2.95. The van der Waals surface area contributed by atoms with Crippen molar-refractivity contribution < 1.29 is 13.9 Å². The molecule has 0 heterocycles. The van der Waals surface area contributed by atoms with Gasteiger partial charge in [0.25, 0.3) is 5.91 Å². The number of halogens is 1. The van der Waals surface area contributed by atoms with Crippen molar-refractivity contribution in [2.45, 2.75) is 33.7 Å². The molecule has 0 unspecified atom stereocenters. The summed E-state index contributed by atoms with van der Waals surface area (Å²) in [5.74, 6) is 0.997. The minimum absolute atomic E-state index is 0.00639. The van der Waals surface area contributed by atoms with Gasteiger partial charge in [0.05, 0.1) is 6.54 Å². The molecule has 0 aliphatic heterocycles. The fourth-order valence-electron chi connectivity index (χ4n) is 2.90. The van der Waals surface area contributed by atoms with Gasteiger partial charge in [-0.05, 0) is 68.1 Å². The van der Waals surface area contributed by atoms with Crippen LogP contribution >= 0.6 is 0 Å². The van der Waals surface area contributed by atoms with Crippen LogP contribution in [0.1, 0.15) is 30.5 Å². The zero-order chi connectivity index (χ0) is 21.8. The Morgan fingerprint density at radius 1 is 1.07 bits per heavy atom. The Bertz CT molecular complexity index is 855. The van der Waals surface area contributed by atoms with E-state index in [1.54, 1.807) is 6.07 Å². The van der Waals surface area contributed by atoms with E-state index in [0.29, 0.717) is 31.3 Å². The first-order valence-corrected chi connectivity index (χ1v) is 10.3. The lowest BCUT2D eigenvalue weighted by atomic mass is 10.1. The lowest BCUT2D eigenvalue weighted by Crippen LogP contribution is -2.38. The highest BCUT2D eigenvalue weighted by atomic mass is 19.1. The van der Waals surface area contributed by atoms with Gasteiger partial charge in [0.1, 0.15) is 11.6 Å². The van der Waals surface area contributed by atoms with Crippen LogP contribution in [0.15, 0.2) is 47.5 Å². The predicted molar refractivity (Wildman–Crippen MR) is 118 cm³/mol. The van der Waals surface area contributed by atoms with Gasteiger partial charge >= 0.3 is 0 Å². The standard InChI is InChI=1S/C23H31FN4O2/c1-4-25-22(29)16-30-21-8-6-7-18(14-21)15-28-23(26-5-2)27-12-11-19-9-10-20(24)13-17(19)3/h6-10,13-14H,4-5,11-12,15-16H2,1-3H3,(H,25,29)(H2,26,27,28). The molecular weight excluding hydrogens is 383 g/mol. The Morgan fingerprint density at radius 3 is 2.60 bits per heavy atom. The van der Waals surface area contributed by atoms with Crippen LogP contribution in [0.3, 0.4) is 0 Å². The number of carbonyl (C=O) groups is 1. The number of hydrogen-bond donors (Lipinski definition) is 3. The third kappa shape index (κ3) is 8.11. The van der Waals surface area contributed by atoms with Gasteiger partial charge in [-0.1, -0.05) is 18.2 Å². The lowest BCUT2D eigenvalue weighted by molar-refractivity contribution is -0.122. The van der Waals surface area contributed by atoms with E-state index in [-0.39, 0.29) is 18.3 Å². The van der Waals surface area contributed by atoms with Crippen LogP contribution in [0, 0.1) is 12.7 Å². The topological polar surface area (TPSA) is 74.8 Å². The second-order valence-electron chi connectivity index (χ2n) is 6.83. The Balaban J connectivity index is 1.90. The molecule has 3 N–H and O–H groups in total. The number of aryl methyl sites for hydroxylation is 1. The number of aliphatic imine (C=N–C) groups is 1. The lowest BCUT2D eigenvalue weighted by Gasteiger charge is -2.12. The minimum atomic E-state index is -0.212. The summed E-state index contributed by atoms with van der Waals surface area (Å²) in [6, 6.07) is 12.4. The van der Waals surface area contributed by atoms with E-state index in [1.807, 2.05) is 51.1 Å². The summed E-state index contributed by atoms with van der Waals surface area (Å²) in [5, 5.41) is 9.24. The van der Waals surface area contributed by atoms with Gasteiger partial charge < -0.3 is 20.7 Å². The minimum Gasteiger partial charge on any atom is -0.484 e. The molecule has 1 amide bonds. The van der Waals surface area contributed by atoms with E-state index in [2.05, 4.69) is 20.9 Å². The van der Waals surface area contributed by atoms with Crippen LogP contribution in [0.4, 0.5) is 4.39 Å². The quantitative estimate of drug-likeness (QED) is 0.413. The Labute approximate surface area is 177 Å². The maximum atomic E-state index is 13.2. The molecule has 2 aromatic rings. The fraction of sp³-hybridized carbons (Fsp3) is 0.391. The van der Waals surface area contributed by atoms with Crippen molar-refractivity contribution >= 4 is 11.9 Å². The van der Waals surface area contributed by atoms with Gasteiger partial charge in [0, 0.05) is 19.6 Å². The monoisotopic (exact) mass is 414 g/mol. The molecule has 0 saturated carbocycles. The summed E-state index contributed by atoms with van der Waals surface area (Å²) in [6.45, 7) is 8.28. The second kappa shape index (κ2) is 12.5. The number of amides is 1. The highest BCUT2D eigenvalue weighted by Crippen LogP contribution is 2.14. The number of rotatable bonds is 10. The molecule has 30 heavy (non-hydrogen) atoms. The van der Waals surface area contributed by atoms with E-state index in [0.717, 1.165) is 29.7 Å². The zero-order valence-corrected chi connectivity index (χ0v) is 17.9. The smallest absolute Gasteiger partial charge is 0.257 e. The van der Waals surface area contributed by atoms with E-state index in [9.17, 15) is 9.18 Å². The van der Waals surface area contributed by atoms with Crippen LogP contribution in [-0.4, -0.2) is 38.1 Å². The third-order valence-corrected chi connectivity index (χ3v) is 4.40. The molecule has 0 atom stereocenters. The largest absolute Gasteiger partial charge is 0.484 e. The summed E-state index contributed by atoms with van der Waals surface area (Å²) in [4.78, 5) is 16.2. The molecule has 0 radical (unpaired) electrons. The number of benzene rings is 2. The summed E-state index contributed by atoms with van der Waals surface area (Å²) >= 11 is 0. The van der Waals surface area contributed by atoms with Gasteiger partial charge in [0.15, 0.2) is 12.6 Å². The van der Waals surface area contributed by atoms with Crippen molar-refractivity contribution in [3.8, 4) is 5.75 Å². The van der Waals surface area contributed by atoms with Crippen LogP contribution in [0.2, 0.25) is 0 Å². The number of hydrogen-bond acceptors (Lipinski definition) is 3. The molecule has 7 heteroatoms. The molecule has 2 rings (SSSR count). The molecule has 6 nitrogen and oxygen atoms in total. The first-order chi connectivity index (χ1) is 14.5. The van der Waals surface area contributed by atoms with Crippen LogP contribution < -0.4 is 20.7 Å². The van der Waals surface area contributed by atoms with E-state index in [1.165, 1.54) is 6.07 Å². The van der Waals surface area contributed by atoms with Crippen molar-refractivity contribution in [3.63, 3.8) is 0 Å². The van der Waals surface area contributed by atoms with Crippen LogP contribution in [-0.2, 0) is 17.8 Å². The Kier molecular flexibility index (Phi) is 9.64. The SMILES string of the molecule is CCNC(=O)COc1cccc(CN=C(NCC)NCCc2ccc(F)cc2C)c1. The number of carbonyl (C=O) groups excluding carboxylic acids is 1. The van der Waals surface area contributed by atoms with Gasteiger partial charge in [-0.3, -0.25) is 4.79 Å². The highest BCUT2D eigenvalue weighted by molar-refractivity contribution is 5.79. The van der Waals surface area contributed by atoms with Crippen molar-refractivity contribution in [1.82, 2.24) is 16.0 Å². The van der Waals surface area contributed by atoms with Crippen molar-refractivity contribution in [3.05, 3.63) is 65.0 Å². The Hall–Kier alpha value is -3.09. The molecule has 0 aromatic heterocycles. The molecular formula is C23H31FN4O2. The van der Waals surface area contributed by atoms with Gasteiger partial charge in [-0.2, -0.15) is 0 Å². The number of ether oxygens (including phenoxy) is 1. The normalized spacial score (nSPS) is 11.1. The van der Waals surface area contributed by atoms with Crippen molar-refractivity contribution in [2.75, 3.05) is 26.2 Å². The van der Waals surface area contributed by atoms with Crippen LogP contribution in [0.5, 0.6) is 5.75 Å². The molecule has 0 aliphatic carbocycles. The van der Waals surface area contributed by atoms with E-state index < -0.39 is 0 Å². The highest BCUT2D eigenvalue weighted by Gasteiger charge is 2.04. The van der Waals surface area contributed by atoms with E-state index in [4.69, 9.17) is 4.74 Å². The number of nitrogens with one attached hydrogen (secondary N) is 3. The second-order valence-corrected chi connectivity index (χ2v) is 6.83. The Morgan fingerprint density at radius 2 is 1.87 bits per heavy atom. The summed E-state index contributed by atoms with van der Waals surface area (Å²) in [7, 11) is 0. The average Bonchev–Trinajstić information content (AvgIpc) is 2.72. The van der Waals surface area contributed by atoms with Crippen LogP contribution in [0.25, 0.3) is 0 Å². The van der Waals surface area contributed by atoms with Gasteiger partial charge in [-0.25, -0.2) is 9.38 Å². The first kappa shape index (κ1) is 23.2. The molecule has 0 aliphatic rings. The summed E-state index contributed by atoms with van der Waals surface area (Å²) in [6.07, 6.45) is 0.777. The summed E-state index contributed by atoms with van der Waals surface area (Å²) in [5.41, 5.74) is 3.04. The number of likely N-dealkylation sites (N-methyl/N-ethyl adjacent to an activating group) is 1. The molecule has 162 valence electrons. The number of nitrogens with zero attached hydrogens (tertiary/aromatic N) is 1. The molecule has 0 bridgehead atoms. The van der Waals surface area contributed by atoms with Crippen molar-refractivity contribution in [2.24, 2.45) is 4.99 Å². The first-order valence-electron chi connectivity index (χ1n) is 10.3. The maximum Gasteiger partial charge on any atom is 0.257 e. The third-order valence-electron chi connectivity index (χ3n) is 4.40. The number of guanidine groups is 1. The van der Waals surface area contributed by atoms with Crippen molar-refractivity contribution in [1.29, 1.82) is 0 Å². The average molecular weight is 415 g/mol. The fourth-order valence-corrected chi connectivity index (χ4v) is 2.90. The molecule has 0 spiro atoms. The zero-order valence-electron chi connectivity index (χ0n) is 17.9. The van der Waals surface area contributed by atoms with E-state index >= 15 is 0 Å². The molecule has 0 fully saturated rings. The van der Waals surface area contributed by atoms with Gasteiger partial charge in [-0.15, -0.1) is 0 Å². The van der Waals surface area contributed by atoms with Gasteiger partial charge in [0.2, 0.25) is 0 Å². The summed E-state index contributed by atoms with van der Waals surface area (Å²) < 4.78 is 18.8. The maximum absolute atomic E-state index is 13.2. The molecule has 2 aromatic carbocycles. The molecule has 0 saturated heterocycles.